The van der Waals surface area contributed by atoms with Gasteiger partial charge in [0.2, 0.25) is 0 Å². The maximum absolute atomic E-state index is 10.8. The van der Waals surface area contributed by atoms with Crippen LogP contribution in [0.5, 0.6) is 0 Å². The first-order valence-electron chi connectivity index (χ1n) is 7.94. The van der Waals surface area contributed by atoms with E-state index in [2.05, 4.69) is 6.07 Å². The maximum atomic E-state index is 10.8. The monoisotopic (exact) mass is 348 g/mol. The summed E-state index contributed by atoms with van der Waals surface area (Å²) >= 11 is 1.61. The molecule has 0 spiro atoms. The van der Waals surface area contributed by atoms with E-state index in [9.17, 15) is 4.79 Å². The molecule has 1 heterocycles. The molecule has 0 aliphatic rings. The van der Waals surface area contributed by atoms with E-state index in [1.165, 1.54) is 0 Å². The summed E-state index contributed by atoms with van der Waals surface area (Å²) in [6.45, 7) is 0. The molecular weight excluding hydrogens is 332 g/mol. The van der Waals surface area contributed by atoms with Crippen LogP contribution in [0.3, 0.4) is 0 Å². The van der Waals surface area contributed by atoms with Gasteiger partial charge in [0.15, 0.2) is 0 Å². The number of hydrogen-bond acceptors (Lipinski definition) is 4. The van der Waals surface area contributed by atoms with E-state index >= 15 is 0 Å². The topological polar surface area (TPSA) is 74.0 Å². The number of thiazole rings is 1. The third kappa shape index (κ3) is 4.31. The number of allylic oxidation sites excluding steroid dienone is 1. The molecule has 2 aromatic carbocycles. The Morgan fingerprint density at radius 3 is 2.60 bits per heavy atom. The molecule has 0 fully saturated rings. The minimum atomic E-state index is -0.790. The summed E-state index contributed by atoms with van der Waals surface area (Å²) in [5, 5.41) is 18.7. The van der Waals surface area contributed by atoms with Gasteiger partial charge in [0.05, 0.1) is 21.8 Å². The number of nitrogens with zero attached hydrogens (tertiary/aromatic N) is 2. The first-order valence-corrected chi connectivity index (χ1v) is 8.76. The first kappa shape index (κ1) is 16.9. The molecule has 0 saturated heterocycles. The number of aromatic nitrogens is 1. The van der Waals surface area contributed by atoms with Gasteiger partial charge in [-0.15, -0.1) is 11.3 Å². The van der Waals surface area contributed by atoms with Crippen molar-refractivity contribution >= 4 is 39.2 Å². The highest BCUT2D eigenvalue weighted by atomic mass is 32.1. The molecule has 3 rings (SSSR count). The third-order valence-corrected chi connectivity index (χ3v) is 4.90. The van der Waals surface area contributed by atoms with Gasteiger partial charge in [-0.1, -0.05) is 24.3 Å². The van der Waals surface area contributed by atoms with Gasteiger partial charge < -0.3 is 5.11 Å². The van der Waals surface area contributed by atoms with Crippen LogP contribution in [-0.2, 0) is 4.79 Å². The van der Waals surface area contributed by atoms with Gasteiger partial charge in [-0.05, 0) is 54.3 Å². The molecule has 0 atom stereocenters. The van der Waals surface area contributed by atoms with Crippen molar-refractivity contribution < 1.29 is 9.90 Å². The van der Waals surface area contributed by atoms with Crippen LogP contribution >= 0.6 is 11.3 Å². The Balaban J connectivity index is 1.94. The number of rotatable bonds is 6. The van der Waals surface area contributed by atoms with Crippen LogP contribution in [0, 0.1) is 11.3 Å². The van der Waals surface area contributed by atoms with E-state index in [0.29, 0.717) is 18.4 Å². The lowest BCUT2D eigenvalue weighted by Crippen LogP contribution is -1.94. The molecule has 3 aromatic rings. The zero-order chi connectivity index (χ0) is 17.6. The molecule has 25 heavy (non-hydrogen) atoms. The first-order chi connectivity index (χ1) is 12.2. The summed E-state index contributed by atoms with van der Waals surface area (Å²) in [5.74, 6) is -0.790. The van der Waals surface area contributed by atoms with Gasteiger partial charge in [-0.3, -0.25) is 4.79 Å². The highest BCUT2D eigenvalue weighted by Crippen LogP contribution is 2.31. The summed E-state index contributed by atoms with van der Waals surface area (Å²) in [7, 11) is 0. The maximum Gasteiger partial charge on any atom is 0.303 e. The van der Waals surface area contributed by atoms with Gasteiger partial charge in [0, 0.05) is 6.42 Å². The minimum Gasteiger partial charge on any atom is -0.481 e. The largest absolute Gasteiger partial charge is 0.481 e. The molecule has 124 valence electrons. The predicted octanol–water partition coefficient (Wildman–Crippen LogP) is 4.96. The highest BCUT2D eigenvalue weighted by Gasteiger charge is 2.10. The number of carbonyl (C=O) groups is 1. The molecule has 1 aromatic heterocycles. The summed E-state index contributed by atoms with van der Waals surface area (Å²) in [5.41, 5.74) is 3.56. The van der Waals surface area contributed by atoms with E-state index in [1.807, 2.05) is 42.5 Å². The normalized spacial score (nSPS) is 11.4. The zero-order valence-corrected chi connectivity index (χ0v) is 14.3. The lowest BCUT2D eigenvalue weighted by molar-refractivity contribution is -0.137. The summed E-state index contributed by atoms with van der Waals surface area (Å²) < 4.78 is 1.11. The van der Waals surface area contributed by atoms with E-state index in [1.54, 1.807) is 23.5 Å². The van der Waals surface area contributed by atoms with Crippen LogP contribution in [0.2, 0.25) is 0 Å². The molecule has 0 amide bonds. The van der Waals surface area contributed by atoms with E-state index in [-0.39, 0.29) is 6.42 Å². The van der Waals surface area contributed by atoms with Crippen LogP contribution in [0.4, 0.5) is 0 Å². The average molecular weight is 348 g/mol. The number of hydrogen-bond donors (Lipinski definition) is 1. The van der Waals surface area contributed by atoms with E-state index in [4.69, 9.17) is 15.4 Å². The highest BCUT2D eigenvalue weighted by molar-refractivity contribution is 7.19. The van der Waals surface area contributed by atoms with E-state index < -0.39 is 5.97 Å². The molecular formula is C20H16N2O2S. The average Bonchev–Trinajstić information content (AvgIpc) is 3.05. The Morgan fingerprint density at radius 1 is 1.16 bits per heavy atom. The van der Waals surface area contributed by atoms with Gasteiger partial charge in [0.25, 0.3) is 0 Å². The van der Waals surface area contributed by atoms with Crippen molar-refractivity contribution in [3.63, 3.8) is 0 Å². The smallest absolute Gasteiger partial charge is 0.303 e. The number of benzene rings is 2. The molecule has 4 nitrogen and oxygen atoms in total. The molecule has 0 aliphatic carbocycles. The Labute approximate surface area is 149 Å². The number of fused-ring (bicyclic) bond motifs is 1. The SMILES string of the molecule is N#Cc1ccc(C=C(CCCC(=O)O)c2nc3ccccc3s2)cc1. The van der Waals surface area contributed by atoms with Crippen LogP contribution in [0.1, 0.15) is 35.4 Å². The molecule has 0 unspecified atom stereocenters. The number of carboxylic acid groups (broad SMARTS) is 1. The lowest BCUT2D eigenvalue weighted by atomic mass is 10.0. The van der Waals surface area contributed by atoms with Crippen molar-refractivity contribution in [1.29, 1.82) is 5.26 Å². The fraction of sp³-hybridized carbons (Fsp3) is 0.150. The van der Waals surface area contributed by atoms with Crippen molar-refractivity contribution in [3.05, 3.63) is 64.7 Å². The number of carboxylic acids is 1. The van der Waals surface area contributed by atoms with Gasteiger partial charge in [-0.25, -0.2) is 4.98 Å². The van der Waals surface area contributed by atoms with Gasteiger partial charge in [0.1, 0.15) is 5.01 Å². The summed E-state index contributed by atoms with van der Waals surface area (Å²) in [4.78, 5) is 15.5. The Morgan fingerprint density at radius 2 is 1.92 bits per heavy atom. The Bertz CT molecular complexity index is 932. The van der Waals surface area contributed by atoms with Crippen molar-refractivity contribution in [2.45, 2.75) is 19.3 Å². The van der Waals surface area contributed by atoms with Crippen molar-refractivity contribution in [2.75, 3.05) is 0 Å². The van der Waals surface area contributed by atoms with Gasteiger partial charge >= 0.3 is 5.97 Å². The van der Waals surface area contributed by atoms with Crippen LogP contribution in [-0.4, -0.2) is 16.1 Å². The molecule has 5 heteroatoms. The Hall–Kier alpha value is -2.97. The zero-order valence-electron chi connectivity index (χ0n) is 13.5. The minimum absolute atomic E-state index is 0.135. The molecule has 0 saturated carbocycles. The quantitative estimate of drug-likeness (QED) is 0.683. The fourth-order valence-electron chi connectivity index (χ4n) is 2.54. The van der Waals surface area contributed by atoms with Crippen molar-refractivity contribution in [1.82, 2.24) is 4.98 Å². The van der Waals surface area contributed by atoms with Crippen LogP contribution < -0.4 is 0 Å². The molecule has 1 N–H and O–H groups in total. The third-order valence-electron chi connectivity index (χ3n) is 3.79. The standard InChI is InChI=1S/C20H16N2O2S/c21-13-15-10-8-14(9-11-15)12-16(4-3-7-19(23)24)20-22-17-5-1-2-6-18(17)25-20/h1-2,5-6,8-12H,3-4,7H2,(H,23,24). The van der Waals surface area contributed by atoms with E-state index in [0.717, 1.165) is 26.4 Å². The second-order valence-corrected chi connectivity index (χ2v) is 6.67. The second kappa shape index (κ2) is 7.73. The van der Waals surface area contributed by atoms with Gasteiger partial charge in [-0.2, -0.15) is 5.26 Å². The lowest BCUT2D eigenvalue weighted by Gasteiger charge is -2.04. The van der Waals surface area contributed by atoms with Crippen LogP contribution in [0.25, 0.3) is 21.9 Å². The van der Waals surface area contributed by atoms with Crippen molar-refractivity contribution in [3.8, 4) is 6.07 Å². The van der Waals surface area contributed by atoms with Crippen molar-refractivity contribution in [2.24, 2.45) is 0 Å². The summed E-state index contributed by atoms with van der Waals surface area (Å²) in [6.07, 6.45) is 3.37. The molecule has 0 bridgehead atoms. The number of para-hydroxylation sites is 1. The fourth-order valence-corrected chi connectivity index (χ4v) is 3.54. The Kier molecular flexibility index (Phi) is 5.22. The number of aliphatic carboxylic acids is 1. The summed E-state index contributed by atoms with van der Waals surface area (Å²) in [6, 6.07) is 17.4. The number of nitriles is 1. The molecule has 0 radical (unpaired) electrons. The predicted molar refractivity (Wildman–Crippen MR) is 100 cm³/mol. The molecule has 0 aliphatic heterocycles. The van der Waals surface area contributed by atoms with Crippen LogP contribution in [0.15, 0.2) is 48.5 Å². The second-order valence-electron chi connectivity index (χ2n) is 5.64.